The van der Waals surface area contributed by atoms with E-state index in [4.69, 9.17) is 0 Å². The van der Waals surface area contributed by atoms with E-state index >= 15 is 0 Å². The number of carbonyl (C=O) groups excluding carboxylic acids is 2. The summed E-state index contributed by atoms with van der Waals surface area (Å²) in [5.41, 5.74) is -1.12. The third-order valence-electron chi connectivity index (χ3n) is 2.62. The highest BCUT2D eigenvalue weighted by Crippen LogP contribution is 2.31. The van der Waals surface area contributed by atoms with Gasteiger partial charge in [-0.05, 0) is 25.7 Å². The largest absolute Gasteiger partial charge is 0.393 e. The van der Waals surface area contributed by atoms with Crippen LogP contribution in [0.5, 0.6) is 0 Å². The first-order valence-electron chi connectivity index (χ1n) is 5.03. The van der Waals surface area contributed by atoms with Crippen LogP contribution in [0, 0.1) is 0 Å². The smallest absolute Gasteiger partial charge is 0.316 e. The summed E-state index contributed by atoms with van der Waals surface area (Å²) in [4.78, 5) is 21.6. The zero-order valence-electron chi connectivity index (χ0n) is 8.73. The Morgan fingerprint density at radius 2 is 1.93 bits per heavy atom. The molecule has 0 spiro atoms. The van der Waals surface area contributed by atoms with Crippen LogP contribution in [-0.4, -0.2) is 33.9 Å². The predicted molar refractivity (Wildman–Crippen MR) is 50.8 cm³/mol. The van der Waals surface area contributed by atoms with Crippen LogP contribution in [0.2, 0.25) is 0 Å². The lowest BCUT2D eigenvalue weighted by Gasteiger charge is -2.33. The molecule has 0 amide bonds. The second-order valence-electron chi connectivity index (χ2n) is 4.10. The molecule has 5 heteroatoms. The molecule has 2 N–H and O–H groups in total. The quantitative estimate of drug-likeness (QED) is 0.506. The van der Waals surface area contributed by atoms with Gasteiger partial charge in [0.2, 0.25) is 0 Å². The molecular weight excluding hydrogens is 200 g/mol. The molecule has 15 heavy (non-hydrogen) atoms. The summed E-state index contributed by atoms with van der Waals surface area (Å²) >= 11 is 0. The summed E-state index contributed by atoms with van der Waals surface area (Å²) in [5, 5.41) is 19.2. The molecule has 0 aromatic rings. The summed E-state index contributed by atoms with van der Waals surface area (Å²) < 4.78 is 4.34. The van der Waals surface area contributed by atoms with Crippen molar-refractivity contribution in [3.8, 4) is 0 Å². The van der Waals surface area contributed by atoms with Crippen molar-refractivity contribution < 1.29 is 24.5 Å². The van der Waals surface area contributed by atoms with Gasteiger partial charge in [-0.2, -0.15) is 0 Å². The fourth-order valence-corrected chi connectivity index (χ4v) is 1.78. The molecule has 1 rings (SSSR count). The Bertz CT molecular complexity index is 253. The van der Waals surface area contributed by atoms with Crippen molar-refractivity contribution in [3.05, 3.63) is 0 Å². The minimum Gasteiger partial charge on any atom is -0.393 e. The van der Waals surface area contributed by atoms with Crippen molar-refractivity contribution >= 4 is 11.9 Å². The summed E-state index contributed by atoms with van der Waals surface area (Å²) in [6.45, 7) is 1.15. The number of ether oxygens (including phenoxy) is 1. The van der Waals surface area contributed by atoms with Crippen molar-refractivity contribution in [2.24, 2.45) is 0 Å². The third kappa shape index (κ3) is 3.97. The van der Waals surface area contributed by atoms with Gasteiger partial charge < -0.3 is 14.9 Å². The topological polar surface area (TPSA) is 83.8 Å². The van der Waals surface area contributed by atoms with Gasteiger partial charge in [-0.25, -0.2) is 0 Å². The lowest BCUT2D eigenvalue weighted by molar-refractivity contribution is -0.162. The van der Waals surface area contributed by atoms with Crippen molar-refractivity contribution in [1.29, 1.82) is 0 Å². The lowest BCUT2D eigenvalue weighted by atomic mass is 9.81. The Morgan fingerprint density at radius 3 is 2.40 bits per heavy atom. The van der Waals surface area contributed by atoms with Gasteiger partial charge in [0, 0.05) is 6.92 Å². The van der Waals surface area contributed by atoms with E-state index in [1.54, 1.807) is 0 Å². The van der Waals surface area contributed by atoms with E-state index in [0.717, 1.165) is 6.92 Å². The zero-order valence-corrected chi connectivity index (χ0v) is 8.73. The molecule has 0 aromatic heterocycles. The minimum absolute atomic E-state index is 0.181. The van der Waals surface area contributed by atoms with Crippen LogP contribution in [0.1, 0.15) is 39.0 Å². The van der Waals surface area contributed by atoms with Gasteiger partial charge in [-0.1, -0.05) is 0 Å². The van der Waals surface area contributed by atoms with Gasteiger partial charge in [0.25, 0.3) is 0 Å². The number of esters is 2. The van der Waals surface area contributed by atoms with Gasteiger partial charge in [-0.3, -0.25) is 9.59 Å². The van der Waals surface area contributed by atoms with Crippen LogP contribution in [-0.2, 0) is 14.3 Å². The normalized spacial score (nSPS) is 31.0. The van der Waals surface area contributed by atoms with E-state index in [1.807, 2.05) is 0 Å². The van der Waals surface area contributed by atoms with Crippen LogP contribution in [0.4, 0.5) is 0 Å². The summed E-state index contributed by atoms with van der Waals surface area (Å²) in [6.07, 6.45) is 1.10. The fraction of sp³-hybridized carbons (Fsp3) is 0.800. The first kappa shape index (κ1) is 12.1. The highest BCUT2D eigenvalue weighted by molar-refractivity contribution is 5.84. The maximum atomic E-state index is 11.1. The van der Waals surface area contributed by atoms with Gasteiger partial charge in [-0.15, -0.1) is 0 Å². The Hall–Kier alpha value is -0.940. The molecule has 0 unspecified atom stereocenters. The molecule has 86 valence electrons. The Balaban J connectivity index is 2.42. The predicted octanol–water partition coefficient (Wildman–Crippen LogP) is 0.132. The Kier molecular flexibility index (Phi) is 3.82. The van der Waals surface area contributed by atoms with Gasteiger partial charge in [0.05, 0.1) is 18.1 Å². The molecule has 1 fully saturated rings. The van der Waals surface area contributed by atoms with Gasteiger partial charge >= 0.3 is 11.9 Å². The maximum absolute atomic E-state index is 11.1. The minimum atomic E-state index is -1.12. The summed E-state index contributed by atoms with van der Waals surface area (Å²) in [7, 11) is 0. The summed E-state index contributed by atoms with van der Waals surface area (Å²) in [5.74, 6) is -1.37. The molecule has 5 nitrogen and oxygen atoms in total. The highest BCUT2D eigenvalue weighted by Gasteiger charge is 2.35. The maximum Gasteiger partial charge on any atom is 0.316 e. The van der Waals surface area contributed by atoms with E-state index in [-0.39, 0.29) is 6.42 Å². The van der Waals surface area contributed by atoms with E-state index in [2.05, 4.69) is 4.74 Å². The molecule has 1 aliphatic carbocycles. The monoisotopic (exact) mass is 216 g/mol. The molecule has 0 bridgehead atoms. The van der Waals surface area contributed by atoms with Crippen LogP contribution in [0.15, 0.2) is 0 Å². The van der Waals surface area contributed by atoms with Crippen LogP contribution in [0.3, 0.4) is 0 Å². The van der Waals surface area contributed by atoms with Crippen molar-refractivity contribution in [1.82, 2.24) is 0 Å². The van der Waals surface area contributed by atoms with E-state index in [1.165, 1.54) is 0 Å². The highest BCUT2D eigenvalue weighted by atomic mass is 16.6. The molecule has 0 heterocycles. The average molecular weight is 216 g/mol. The molecule has 0 saturated heterocycles. The van der Waals surface area contributed by atoms with Crippen molar-refractivity contribution in [2.75, 3.05) is 0 Å². The van der Waals surface area contributed by atoms with Crippen molar-refractivity contribution in [3.63, 3.8) is 0 Å². The fourth-order valence-electron chi connectivity index (χ4n) is 1.78. The number of hydrogen-bond donors (Lipinski definition) is 2. The number of aliphatic hydroxyl groups excluding tert-OH is 1. The van der Waals surface area contributed by atoms with Crippen LogP contribution in [0.25, 0.3) is 0 Å². The van der Waals surface area contributed by atoms with Gasteiger partial charge in [0.1, 0.15) is 0 Å². The molecule has 0 atom stereocenters. The number of hydrogen-bond acceptors (Lipinski definition) is 5. The molecule has 1 aliphatic rings. The number of rotatable bonds is 2. The molecule has 0 aliphatic heterocycles. The zero-order chi connectivity index (χ0) is 11.5. The number of carbonyl (C=O) groups is 2. The number of aliphatic hydroxyl groups is 2. The second kappa shape index (κ2) is 4.72. The molecule has 0 radical (unpaired) electrons. The lowest BCUT2D eigenvalue weighted by Crippen LogP contribution is -2.38. The average Bonchev–Trinajstić information content (AvgIpc) is 2.09. The SMILES string of the molecule is CC(=O)OC(=O)CC1(O)CCC(O)CC1. The summed E-state index contributed by atoms with van der Waals surface area (Å²) in [6, 6.07) is 0. The molecular formula is C10H16O5. The van der Waals surface area contributed by atoms with Crippen molar-refractivity contribution in [2.45, 2.75) is 50.7 Å². The Labute approximate surface area is 88.0 Å². The van der Waals surface area contributed by atoms with Crippen LogP contribution >= 0.6 is 0 Å². The van der Waals surface area contributed by atoms with Crippen LogP contribution < -0.4 is 0 Å². The van der Waals surface area contributed by atoms with E-state index < -0.39 is 23.6 Å². The first-order chi connectivity index (χ1) is 6.91. The van der Waals surface area contributed by atoms with Gasteiger partial charge in [0.15, 0.2) is 0 Å². The van der Waals surface area contributed by atoms with E-state index in [0.29, 0.717) is 25.7 Å². The third-order valence-corrected chi connectivity index (χ3v) is 2.62. The standard InChI is InChI=1S/C10H16O5/c1-7(11)15-9(13)6-10(14)4-2-8(12)3-5-10/h8,12,14H,2-6H2,1H3. The second-order valence-corrected chi connectivity index (χ2v) is 4.10. The Morgan fingerprint density at radius 1 is 1.40 bits per heavy atom. The molecule has 0 aromatic carbocycles. The molecule has 1 saturated carbocycles. The first-order valence-corrected chi connectivity index (χ1v) is 5.03. The van der Waals surface area contributed by atoms with E-state index in [9.17, 15) is 19.8 Å².